The van der Waals surface area contributed by atoms with Gasteiger partial charge in [0, 0.05) is 18.9 Å². The second kappa shape index (κ2) is 3.75. The van der Waals surface area contributed by atoms with Crippen LogP contribution < -0.4 is 5.32 Å². The normalized spacial score (nSPS) is 26.3. The third-order valence-corrected chi connectivity index (χ3v) is 2.58. The number of pyridine rings is 1. The highest BCUT2D eigenvalue weighted by molar-refractivity contribution is 5.74. The van der Waals surface area contributed by atoms with Crippen molar-refractivity contribution in [2.45, 2.75) is 18.4 Å². The van der Waals surface area contributed by atoms with Crippen LogP contribution in [0.1, 0.15) is 17.9 Å². The highest BCUT2D eigenvalue weighted by Crippen LogP contribution is 2.24. The summed E-state index contributed by atoms with van der Waals surface area (Å²) >= 11 is 0. The van der Waals surface area contributed by atoms with Crippen LogP contribution in [0, 0.1) is 0 Å². The van der Waals surface area contributed by atoms with Gasteiger partial charge in [0.1, 0.15) is 6.04 Å². The van der Waals surface area contributed by atoms with E-state index < -0.39 is 12.0 Å². The van der Waals surface area contributed by atoms with Gasteiger partial charge in [-0.25, -0.2) is 0 Å². The second-order valence-electron chi connectivity index (χ2n) is 3.52. The Hall–Kier alpha value is -1.42. The Kier molecular flexibility index (Phi) is 2.45. The molecule has 1 fully saturated rings. The van der Waals surface area contributed by atoms with E-state index in [9.17, 15) is 4.79 Å². The number of carboxylic acid groups (broad SMARTS) is 1. The fourth-order valence-corrected chi connectivity index (χ4v) is 1.80. The van der Waals surface area contributed by atoms with Crippen LogP contribution in [0.4, 0.5) is 0 Å². The molecule has 14 heavy (non-hydrogen) atoms. The summed E-state index contributed by atoms with van der Waals surface area (Å²) in [4.78, 5) is 14.7. The summed E-state index contributed by atoms with van der Waals surface area (Å²) in [5.74, 6) is -0.485. The maximum atomic E-state index is 10.7. The molecule has 0 bridgehead atoms. The number of nitrogens with zero attached hydrogens (tertiary/aromatic N) is 1. The van der Waals surface area contributed by atoms with Gasteiger partial charge in [-0.2, -0.15) is 0 Å². The maximum Gasteiger partial charge on any atom is 0.320 e. The van der Waals surface area contributed by atoms with Crippen molar-refractivity contribution >= 4 is 5.97 Å². The van der Waals surface area contributed by atoms with Gasteiger partial charge in [-0.15, -0.1) is 0 Å². The Bertz CT molecular complexity index is 326. The van der Waals surface area contributed by atoms with Crippen LogP contribution in [0.25, 0.3) is 0 Å². The summed E-state index contributed by atoms with van der Waals surface area (Å²) in [5, 5.41) is 11.8. The Morgan fingerprint density at radius 3 is 3.07 bits per heavy atom. The minimum atomic E-state index is -0.767. The molecule has 2 rings (SSSR count). The van der Waals surface area contributed by atoms with Crippen LogP contribution in [-0.2, 0) is 4.79 Å². The fraction of sp³-hybridized carbons (Fsp3) is 0.400. The largest absolute Gasteiger partial charge is 0.480 e. The number of carboxylic acids is 1. The number of nitrogens with one attached hydrogen (secondary N) is 1. The third-order valence-electron chi connectivity index (χ3n) is 2.58. The first-order valence-corrected chi connectivity index (χ1v) is 4.63. The Labute approximate surface area is 82.0 Å². The van der Waals surface area contributed by atoms with Gasteiger partial charge in [0.2, 0.25) is 0 Å². The molecular weight excluding hydrogens is 180 g/mol. The van der Waals surface area contributed by atoms with E-state index in [1.54, 1.807) is 12.4 Å². The molecule has 0 unspecified atom stereocenters. The van der Waals surface area contributed by atoms with E-state index in [1.807, 2.05) is 12.1 Å². The second-order valence-corrected chi connectivity index (χ2v) is 3.52. The maximum absolute atomic E-state index is 10.7. The number of hydrogen-bond donors (Lipinski definition) is 2. The Morgan fingerprint density at radius 1 is 1.64 bits per heavy atom. The lowest BCUT2D eigenvalue weighted by Gasteiger charge is -2.06. The lowest BCUT2D eigenvalue weighted by molar-refractivity contribution is -0.139. The molecule has 4 nitrogen and oxygen atoms in total. The smallest absolute Gasteiger partial charge is 0.320 e. The standard InChI is InChI=1S/C10H12N2O2/c13-10(14)9-4-8(6-12-9)7-2-1-3-11-5-7/h1-3,5,8-9,12H,4,6H2,(H,13,14)/t8-,9-/m0/s1. The minimum absolute atomic E-state index is 0.282. The molecule has 4 heteroatoms. The van der Waals surface area contributed by atoms with Crippen LogP contribution >= 0.6 is 0 Å². The number of hydrogen-bond acceptors (Lipinski definition) is 3. The van der Waals surface area contributed by atoms with Crippen molar-refractivity contribution in [2.24, 2.45) is 0 Å². The predicted molar refractivity (Wildman–Crippen MR) is 51.0 cm³/mol. The van der Waals surface area contributed by atoms with E-state index in [0.29, 0.717) is 6.42 Å². The highest BCUT2D eigenvalue weighted by atomic mass is 16.4. The van der Waals surface area contributed by atoms with Crippen molar-refractivity contribution in [3.05, 3.63) is 30.1 Å². The van der Waals surface area contributed by atoms with Crippen LogP contribution in [0.3, 0.4) is 0 Å². The summed E-state index contributed by atoms with van der Waals surface area (Å²) in [5.41, 5.74) is 1.11. The monoisotopic (exact) mass is 192 g/mol. The quantitative estimate of drug-likeness (QED) is 0.720. The summed E-state index contributed by atoms with van der Waals surface area (Å²) in [6.45, 7) is 0.725. The lowest BCUT2D eigenvalue weighted by Crippen LogP contribution is -2.29. The van der Waals surface area contributed by atoms with Gasteiger partial charge in [0.25, 0.3) is 0 Å². The summed E-state index contributed by atoms with van der Waals surface area (Å²) in [6.07, 6.45) is 4.18. The third kappa shape index (κ3) is 1.75. The van der Waals surface area contributed by atoms with E-state index in [4.69, 9.17) is 5.11 Å². The van der Waals surface area contributed by atoms with Crippen molar-refractivity contribution in [1.29, 1.82) is 0 Å². The van der Waals surface area contributed by atoms with Gasteiger partial charge in [-0.3, -0.25) is 9.78 Å². The predicted octanol–water partition coefficient (Wildman–Crippen LogP) is 0.612. The topological polar surface area (TPSA) is 62.2 Å². The van der Waals surface area contributed by atoms with E-state index in [0.717, 1.165) is 12.1 Å². The molecule has 1 aliphatic heterocycles. The average Bonchev–Trinajstić information content (AvgIpc) is 2.68. The zero-order valence-electron chi connectivity index (χ0n) is 7.68. The van der Waals surface area contributed by atoms with Crippen molar-refractivity contribution in [2.75, 3.05) is 6.54 Å². The molecule has 0 spiro atoms. The summed E-state index contributed by atoms with van der Waals surface area (Å²) in [6, 6.07) is 3.47. The van der Waals surface area contributed by atoms with Crippen molar-refractivity contribution in [3.63, 3.8) is 0 Å². The molecule has 74 valence electrons. The van der Waals surface area contributed by atoms with Gasteiger partial charge in [0.05, 0.1) is 0 Å². The Morgan fingerprint density at radius 2 is 2.50 bits per heavy atom. The molecule has 2 heterocycles. The molecule has 0 aliphatic carbocycles. The lowest BCUT2D eigenvalue weighted by atomic mass is 9.98. The molecule has 0 aromatic carbocycles. The number of aliphatic carboxylic acids is 1. The summed E-state index contributed by atoms with van der Waals surface area (Å²) < 4.78 is 0. The van der Waals surface area contributed by atoms with Gasteiger partial charge >= 0.3 is 5.97 Å². The van der Waals surface area contributed by atoms with E-state index in [1.165, 1.54) is 0 Å². The van der Waals surface area contributed by atoms with Gasteiger partial charge in [-0.1, -0.05) is 6.07 Å². The van der Waals surface area contributed by atoms with Gasteiger partial charge in [-0.05, 0) is 24.0 Å². The van der Waals surface area contributed by atoms with Crippen molar-refractivity contribution < 1.29 is 9.90 Å². The molecule has 1 aromatic rings. The average molecular weight is 192 g/mol. The number of carbonyl (C=O) groups is 1. The fourth-order valence-electron chi connectivity index (χ4n) is 1.80. The van der Waals surface area contributed by atoms with E-state index in [-0.39, 0.29) is 5.92 Å². The molecule has 1 aromatic heterocycles. The SMILES string of the molecule is O=C(O)[C@@H]1C[C@H](c2cccnc2)CN1. The highest BCUT2D eigenvalue weighted by Gasteiger charge is 2.29. The molecule has 1 aliphatic rings. The first-order chi connectivity index (χ1) is 6.77. The minimum Gasteiger partial charge on any atom is -0.480 e. The zero-order valence-corrected chi connectivity index (χ0v) is 7.68. The first kappa shape index (κ1) is 9.15. The molecule has 1 saturated heterocycles. The van der Waals surface area contributed by atoms with Crippen LogP contribution in [0.15, 0.2) is 24.5 Å². The van der Waals surface area contributed by atoms with E-state index >= 15 is 0 Å². The summed E-state index contributed by atoms with van der Waals surface area (Å²) in [7, 11) is 0. The van der Waals surface area contributed by atoms with E-state index in [2.05, 4.69) is 10.3 Å². The molecular formula is C10H12N2O2. The zero-order chi connectivity index (χ0) is 9.97. The molecule has 2 atom stereocenters. The van der Waals surface area contributed by atoms with Gasteiger partial charge in [0.15, 0.2) is 0 Å². The molecule has 0 radical (unpaired) electrons. The van der Waals surface area contributed by atoms with Crippen LogP contribution in [0.2, 0.25) is 0 Å². The molecule has 2 N–H and O–H groups in total. The number of rotatable bonds is 2. The van der Waals surface area contributed by atoms with Crippen molar-refractivity contribution in [3.8, 4) is 0 Å². The van der Waals surface area contributed by atoms with Gasteiger partial charge < -0.3 is 10.4 Å². The molecule has 0 saturated carbocycles. The van der Waals surface area contributed by atoms with Crippen LogP contribution in [0.5, 0.6) is 0 Å². The first-order valence-electron chi connectivity index (χ1n) is 4.63. The number of aromatic nitrogens is 1. The Balaban J connectivity index is 2.06. The molecule has 0 amide bonds. The van der Waals surface area contributed by atoms with Crippen LogP contribution in [-0.4, -0.2) is 28.6 Å². The van der Waals surface area contributed by atoms with Crippen molar-refractivity contribution in [1.82, 2.24) is 10.3 Å².